The molecule has 1 aliphatic heterocycles. The van der Waals surface area contributed by atoms with E-state index in [1.807, 2.05) is 11.3 Å². The summed E-state index contributed by atoms with van der Waals surface area (Å²) in [5.74, 6) is 2.46. The minimum atomic E-state index is 0.617. The third-order valence-electron chi connectivity index (χ3n) is 3.25. The van der Waals surface area contributed by atoms with Crippen LogP contribution in [0.4, 0.5) is 5.13 Å². The number of hydrogen-bond acceptors (Lipinski definition) is 5. The Balaban J connectivity index is 2.14. The molecule has 2 heterocycles. The van der Waals surface area contributed by atoms with Crippen LogP contribution in [-0.4, -0.2) is 35.6 Å². The number of nitrogens with one attached hydrogen (secondary N) is 1. The van der Waals surface area contributed by atoms with Crippen LogP contribution in [0.15, 0.2) is 0 Å². The molecule has 1 unspecified atom stereocenters. The zero-order chi connectivity index (χ0) is 13.0. The van der Waals surface area contributed by atoms with Gasteiger partial charge >= 0.3 is 0 Å². The summed E-state index contributed by atoms with van der Waals surface area (Å²) in [5, 5.41) is 4.64. The van der Waals surface area contributed by atoms with Crippen molar-refractivity contribution in [3.05, 3.63) is 10.6 Å². The molecule has 5 heteroatoms. The van der Waals surface area contributed by atoms with E-state index >= 15 is 0 Å². The first-order chi connectivity index (χ1) is 8.76. The maximum absolute atomic E-state index is 4.85. The molecule has 0 amide bonds. The van der Waals surface area contributed by atoms with Crippen LogP contribution in [0.25, 0.3) is 0 Å². The predicted octanol–water partition coefficient (Wildman–Crippen LogP) is 2.76. The van der Waals surface area contributed by atoms with E-state index in [1.54, 1.807) is 0 Å². The molecule has 1 aliphatic rings. The van der Waals surface area contributed by atoms with Crippen LogP contribution in [0.3, 0.4) is 0 Å². The van der Waals surface area contributed by atoms with Crippen molar-refractivity contribution in [2.45, 2.75) is 39.8 Å². The van der Waals surface area contributed by atoms with Gasteiger partial charge in [0, 0.05) is 35.5 Å². The number of nitrogens with zero attached hydrogens (tertiary/aromatic N) is 2. The molecule has 18 heavy (non-hydrogen) atoms. The van der Waals surface area contributed by atoms with E-state index in [9.17, 15) is 0 Å². The van der Waals surface area contributed by atoms with Gasteiger partial charge in [0.15, 0.2) is 5.13 Å². The Hall–Kier alpha value is -0.260. The molecule has 1 aromatic heterocycles. The summed E-state index contributed by atoms with van der Waals surface area (Å²) in [6.45, 7) is 9.79. The third kappa shape index (κ3) is 3.19. The smallest absolute Gasteiger partial charge is 0.186 e. The average Bonchev–Trinajstić information content (AvgIpc) is 2.80. The lowest BCUT2D eigenvalue weighted by Crippen LogP contribution is -2.40. The van der Waals surface area contributed by atoms with Gasteiger partial charge in [-0.1, -0.05) is 13.8 Å². The summed E-state index contributed by atoms with van der Waals surface area (Å²) in [6, 6.07) is 0.617. The van der Waals surface area contributed by atoms with Crippen molar-refractivity contribution < 1.29 is 0 Å². The lowest BCUT2D eigenvalue weighted by molar-refractivity contribution is 0.695. The maximum atomic E-state index is 4.85. The molecule has 0 aliphatic carbocycles. The Morgan fingerprint density at radius 1 is 1.44 bits per heavy atom. The zero-order valence-electron chi connectivity index (χ0n) is 11.5. The van der Waals surface area contributed by atoms with Crippen LogP contribution in [0.1, 0.15) is 31.3 Å². The SMILES string of the molecule is CCNCc1sc(N2CCSCC2C)nc1CC. The van der Waals surface area contributed by atoms with Gasteiger partial charge in [-0.3, -0.25) is 0 Å². The van der Waals surface area contributed by atoms with Gasteiger partial charge in [0.2, 0.25) is 0 Å². The van der Waals surface area contributed by atoms with Gasteiger partial charge in [0.05, 0.1) is 5.69 Å². The summed E-state index contributed by atoms with van der Waals surface area (Å²) >= 11 is 3.93. The van der Waals surface area contributed by atoms with Gasteiger partial charge < -0.3 is 10.2 Å². The number of thiazole rings is 1. The van der Waals surface area contributed by atoms with Gasteiger partial charge in [-0.15, -0.1) is 11.3 Å². The highest BCUT2D eigenvalue weighted by Gasteiger charge is 2.22. The number of anilines is 1. The first kappa shape index (κ1) is 14.2. The minimum Gasteiger partial charge on any atom is -0.344 e. The fourth-order valence-corrected chi connectivity index (χ4v) is 4.42. The number of aryl methyl sites for hydroxylation is 1. The summed E-state index contributed by atoms with van der Waals surface area (Å²) in [7, 11) is 0. The van der Waals surface area contributed by atoms with E-state index in [0.717, 1.165) is 26.1 Å². The largest absolute Gasteiger partial charge is 0.344 e. The summed E-state index contributed by atoms with van der Waals surface area (Å²) in [4.78, 5) is 8.75. The van der Waals surface area contributed by atoms with E-state index in [4.69, 9.17) is 4.98 Å². The molecule has 0 saturated carbocycles. The van der Waals surface area contributed by atoms with Gasteiger partial charge in [-0.2, -0.15) is 11.8 Å². The van der Waals surface area contributed by atoms with Gasteiger partial charge in [0.25, 0.3) is 0 Å². The van der Waals surface area contributed by atoms with Crippen molar-refractivity contribution in [1.82, 2.24) is 10.3 Å². The number of hydrogen-bond donors (Lipinski definition) is 1. The zero-order valence-corrected chi connectivity index (χ0v) is 13.2. The van der Waals surface area contributed by atoms with Crippen LogP contribution in [-0.2, 0) is 13.0 Å². The summed E-state index contributed by atoms with van der Waals surface area (Å²) in [6.07, 6.45) is 1.04. The second-order valence-electron chi connectivity index (χ2n) is 4.62. The normalized spacial score (nSPS) is 20.4. The number of aromatic nitrogens is 1. The topological polar surface area (TPSA) is 28.2 Å². The van der Waals surface area contributed by atoms with E-state index in [2.05, 4.69) is 42.7 Å². The van der Waals surface area contributed by atoms with Crippen molar-refractivity contribution in [2.75, 3.05) is 29.5 Å². The fourth-order valence-electron chi connectivity index (χ4n) is 2.16. The predicted molar refractivity (Wildman–Crippen MR) is 83.0 cm³/mol. The summed E-state index contributed by atoms with van der Waals surface area (Å²) < 4.78 is 0. The molecule has 0 spiro atoms. The third-order valence-corrected chi connectivity index (χ3v) is 5.57. The lowest BCUT2D eigenvalue weighted by atomic mass is 10.3. The molecule has 102 valence electrons. The molecular formula is C13H23N3S2. The highest BCUT2D eigenvalue weighted by atomic mass is 32.2. The molecule has 1 fully saturated rings. The van der Waals surface area contributed by atoms with Crippen molar-refractivity contribution >= 4 is 28.2 Å². The Bertz CT molecular complexity index is 378. The average molecular weight is 285 g/mol. The van der Waals surface area contributed by atoms with Crippen LogP contribution in [0, 0.1) is 0 Å². The Kier molecular flexibility index (Phi) is 5.33. The fraction of sp³-hybridized carbons (Fsp3) is 0.769. The van der Waals surface area contributed by atoms with Crippen LogP contribution in [0.5, 0.6) is 0 Å². The molecular weight excluding hydrogens is 262 g/mol. The molecule has 0 radical (unpaired) electrons. The molecule has 1 aromatic rings. The van der Waals surface area contributed by atoms with Crippen molar-refractivity contribution in [3.8, 4) is 0 Å². The van der Waals surface area contributed by atoms with E-state index in [1.165, 1.54) is 27.2 Å². The van der Waals surface area contributed by atoms with Gasteiger partial charge in [0.1, 0.15) is 0 Å². The molecule has 1 atom stereocenters. The molecule has 2 rings (SSSR count). The van der Waals surface area contributed by atoms with Crippen LogP contribution >= 0.6 is 23.1 Å². The van der Waals surface area contributed by atoms with Gasteiger partial charge in [-0.25, -0.2) is 4.98 Å². The van der Waals surface area contributed by atoms with E-state index < -0.39 is 0 Å². The first-order valence-corrected chi connectivity index (χ1v) is 8.77. The van der Waals surface area contributed by atoms with Crippen LogP contribution in [0.2, 0.25) is 0 Å². The second kappa shape index (κ2) is 6.78. The standard InChI is InChI=1S/C13H23N3S2/c1-4-11-12(8-14-5-2)18-13(15-11)16-6-7-17-9-10(16)3/h10,14H,4-9H2,1-3H3. The Morgan fingerprint density at radius 3 is 2.94 bits per heavy atom. The highest BCUT2D eigenvalue weighted by Crippen LogP contribution is 2.30. The maximum Gasteiger partial charge on any atom is 0.186 e. The minimum absolute atomic E-state index is 0.617. The van der Waals surface area contributed by atoms with E-state index in [-0.39, 0.29) is 0 Å². The first-order valence-electron chi connectivity index (χ1n) is 6.79. The Labute approximate surface area is 118 Å². The van der Waals surface area contributed by atoms with Crippen LogP contribution < -0.4 is 10.2 Å². The molecule has 0 bridgehead atoms. The number of thioether (sulfide) groups is 1. The second-order valence-corrected chi connectivity index (χ2v) is 6.83. The van der Waals surface area contributed by atoms with Crippen molar-refractivity contribution in [1.29, 1.82) is 0 Å². The quantitative estimate of drug-likeness (QED) is 0.900. The highest BCUT2D eigenvalue weighted by molar-refractivity contribution is 7.99. The Morgan fingerprint density at radius 2 is 2.28 bits per heavy atom. The van der Waals surface area contributed by atoms with Crippen molar-refractivity contribution in [3.63, 3.8) is 0 Å². The lowest BCUT2D eigenvalue weighted by Gasteiger charge is -2.32. The van der Waals surface area contributed by atoms with Gasteiger partial charge in [-0.05, 0) is 19.9 Å². The monoisotopic (exact) mass is 285 g/mol. The van der Waals surface area contributed by atoms with Crippen molar-refractivity contribution in [2.24, 2.45) is 0 Å². The molecule has 1 N–H and O–H groups in total. The number of rotatable bonds is 5. The summed E-state index contributed by atoms with van der Waals surface area (Å²) in [5.41, 5.74) is 1.28. The van der Waals surface area contributed by atoms with E-state index in [0.29, 0.717) is 6.04 Å². The molecule has 3 nitrogen and oxygen atoms in total. The molecule has 1 saturated heterocycles. The molecule has 0 aromatic carbocycles.